The highest BCUT2D eigenvalue weighted by atomic mass is 16.3. The quantitative estimate of drug-likeness (QED) is 0.808. The molecular formula is C13H21N3O. The standard InChI is InChI=1S/C13H21N3O/c1-14-13-4-2-3-12(15-13)10-16-7-5-11(9-16)6-8-17/h2-4,11,17H,5-10H2,1H3,(H,14,15). The zero-order chi connectivity index (χ0) is 12.1. The number of hydrogen-bond acceptors (Lipinski definition) is 4. The second-order valence-corrected chi connectivity index (χ2v) is 4.67. The maximum atomic E-state index is 8.93. The number of aliphatic hydroxyl groups is 1. The Bertz CT molecular complexity index is 356. The van der Waals surface area contributed by atoms with Crippen molar-refractivity contribution in [3.63, 3.8) is 0 Å². The molecule has 1 saturated heterocycles. The maximum Gasteiger partial charge on any atom is 0.126 e. The van der Waals surface area contributed by atoms with Crippen LogP contribution in [0.15, 0.2) is 18.2 Å². The smallest absolute Gasteiger partial charge is 0.126 e. The van der Waals surface area contributed by atoms with Crippen LogP contribution in [0.3, 0.4) is 0 Å². The fraction of sp³-hybridized carbons (Fsp3) is 0.615. The third-order valence-corrected chi connectivity index (χ3v) is 3.36. The van der Waals surface area contributed by atoms with Crippen LogP contribution in [0.4, 0.5) is 5.82 Å². The van der Waals surface area contributed by atoms with Crippen LogP contribution in [0.2, 0.25) is 0 Å². The molecule has 0 aromatic carbocycles. The van der Waals surface area contributed by atoms with Crippen LogP contribution >= 0.6 is 0 Å². The molecule has 94 valence electrons. The van der Waals surface area contributed by atoms with E-state index in [1.807, 2.05) is 19.2 Å². The summed E-state index contributed by atoms with van der Waals surface area (Å²) in [7, 11) is 1.89. The van der Waals surface area contributed by atoms with Crippen LogP contribution in [0.5, 0.6) is 0 Å². The average molecular weight is 235 g/mol. The number of nitrogens with zero attached hydrogens (tertiary/aromatic N) is 2. The molecule has 1 aliphatic rings. The fourth-order valence-corrected chi connectivity index (χ4v) is 2.41. The molecule has 1 aromatic heterocycles. The van der Waals surface area contributed by atoms with Crippen molar-refractivity contribution in [2.24, 2.45) is 5.92 Å². The first kappa shape index (κ1) is 12.3. The zero-order valence-corrected chi connectivity index (χ0v) is 10.4. The van der Waals surface area contributed by atoms with Gasteiger partial charge < -0.3 is 10.4 Å². The lowest BCUT2D eigenvalue weighted by molar-refractivity contribution is 0.249. The zero-order valence-electron chi connectivity index (χ0n) is 10.4. The van der Waals surface area contributed by atoms with Gasteiger partial charge in [-0.2, -0.15) is 0 Å². The van der Waals surface area contributed by atoms with Crippen molar-refractivity contribution >= 4 is 5.82 Å². The second-order valence-electron chi connectivity index (χ2n) is 4.67. The molecule has 1 unspecified atom stereocenters. The Morgan fingerprint density at radius 1 is 1.53 bits per heavy atom. The summed E-state index contributed by atoms with van der Waals surface area (Å²) >= 11 is 0. The summed E-state index contributed by atoms with van der Waals surface area (Å²) in [5, 5.41) is 12.0. The summed E-state index contributed by atoms with van der Waals surface area (Å²) in [5.41, 5.74) is 1.11. The van der Waals surface area contributed by atoms with Gasteiger partial charge in [0.05, 0.1) is 5.69 Å². The van der Waals surface area contributed by atoms with E-state index >= 15 is 0 Å². The first-order chi connectivity index (χ1) is 8.31. The topological polar surface area (TPSA) is 48.4 Å². The number of likely N-dealkylation sites (tertiary alicyclic amines) is 1. The predicted octanol–water partition coefficient (Wildman–Crippen LogP) is 1.33. The van der Waals surface area contributed by atoms with E-state index in [1.165, 1.54) is 6.42 Å². The Labute approximate surface area is 103 Å². The van der Waals surface area contributed by atoms with Gasteiger partial charge in [0.15, 0.2) is 0 Å². The van der Waals surface area contributed by atoms with Crippen molar-refractivity contribution in [2.45, 2.75) is 19.4 Å². The lowest BCUT2D eigenvalue weighted by Crippen LogP contribution is -2.21. The molecule has 4 heteroatoms. The van der Waals surface area contributed by atoms with E-state index in [0.717, 1.165) is 37.6 Å². The van der Waals surface area contributed by atoms with E-state index in [-0.39, 0.29) is 0 Å². The van der Waals surface area contributed by atoms with E-state index in [4.69, 9.17) is 5.11 Å². The normalized spacial score (nSPS) is 20.7. The predicted molar refractivity (Wildman–Crippen MR) is 68.9 cm³/mol. The second kappa shape index (κ2) is 5.98. The third-order valence-electron chi connectivity index (χ3n) is 3.36. The van der Waals surface area contributed by atoms with Crippen LogP contribution in [-0.4, -0.2) is 41.7 Å². The third kappa shape index (κ3) is 3.41. The molecule has 0 amide bonds. The highest BCUT2D eigenvalue weighted by Gasteiger charge is 2.22. The monoisotopic (exact) mass is 235 g/mol. The van der Waals surface area contributed by atoms with Crippen molar-refractivity contribution < 1.29 is 5.11 Å². The molecule has 1 atom stereocenters. The summed E-state index contributed by atoms with van der Waals surface area (Å²) in [5.74, 6) is 1.58. The van der Waals surface area contributed by atoms with Crippen LogP contribution in [0, 0.1) is 5.92 Å². The molecule has 0 spiro atoms. The number of rotatable bonds is 5. The first-order valence-electron chi connectivity index (χ1n) is 6.28. The molecule has 2 heterocycles. The number of hydrogen-bond donors (Lipinski definition) is 2. The molecule has 2 rings (SSSR count). The fourth-order valence-electron chi connectivity index (χ4n) is 2.41. The number of pyridine rings is 1. The lowest BCUT2D eigenvalue weighted by atomic mass is 10.1. The van der Waals surface area contributed by atoms with Crippen molar-refractivity contribution in [3.8, 4) is 0 Å². The Kier molecular flexibility index (Phi) is 4.34. The largest absolute Gasteiger partial charge is 0.396 e. The van der Waals surface area contributed by atoms with Gasteiger partial charge in [0.1, 0.15) is 5.82 Å². The van der Waals surface area contributed by atoms with Gasteiger partial charge in [-0.3, -0.25) is 4.90 Å². The highest BCUT2D eigenvalue weighted by Crippen LogP contribution is 2.20. The van der Waals surface area contributed by atoms with Gasteiger partial charge in [0.25, 0.3) is 0 Å². The Morgan fingerprint density at radius 2 is 2.41 bits per heavy atom. The molecule has 17 heavy (non-hydrogen) atoms. The molecule has 0 aliphatic carbocycles. The summed E-state index contributed by atoms with van der Waals surface area (Å²) in [4.78, 5) is 6.94. The molecule has 1 fully saturated rings. The van der Waals surface area contributed by atoms with Gasteiger partial charge in [0.2, 0.25) is 0 Å². The minimum atomic E-state index is 0.312. The van der Waals surface area contributed by atoms with Crippen LogP contribution < -0.4 is 5.32 Å². The number of nitrogens with one attached hydrogen (secondary N) is 1. The summed E-state index contributed by atoms with van der Waals surface area (Å²) < 4.78 is 0. The van der Waals surface area contributed by atoms with Gasteiger partial charge in [-0.15, -0.1) is 0 Å². The molecule has 0 bridgehead atoms. The molecule has 2 N–H and O–H groups in total. The van der Waals surface area contributed by atoms with Crippen molar-refractivity contribution in [1.82, 2.24) is 9.88 Å². The number of aromatic nitrogens is 1. The number of aliphatic hydroxyl groups excluding tert-OH is 1. The average Bonchev–Trinajstić information content (AvgIpc) is 2.77. The number of anilines is 1. The van der Waals surface area contributed by atoms with Gasteiger partial charge in [-0.1, -0.05) is 6.07 Å². The minimum absolute atomic E-state index is 0.312. The first-order valence-corrected chi connectivity index (χ1v) is 6.28. The van der Waals surface area contributed by atoms with E-state index in [1.54, 1.807) is 0 Å². The SMILES string of the molecule is CNc1cccc(CN2CCC(CCO)C2)n1. The van der Waals surface area contributed by atoms with E-state index in [0.29, 0.717) is 12.5 Å². The van der Waals surface area contributed by atoms with Gasteiger partial charge >= 0.3 is 0 Å². The van der Waals surface area contributed by atoms with Crippen LogP contribution in [-0.2, 0) is 6.54 Å². The van der Waals surface area contributed by atoms with Gasteiger partial charge in [-0.05, 0) is 37.4 Å². The summed E-state index contributed by atoms with van der Waals surface area (Å²) in [6, 6.07) is 6.08. The van der Waals surface area contributed by atoms with E-state index in [9.17, 15) is 0 Å². The maximum absolute atomic E-state index is 8.93. The summed E-state index contributed by atoms with van der Waals surface area (Å²) in [6.45, 7) is 3.44. The Balaban J connectivity index is 1.88. The Morgan fingerprint density at radius 3 is 3.18 bits per heavy atom. The molecule has 0 radical (unpaired) electrons. The van der Waals surface area contributed by atoms with Crippen LogP contribution in [0.1, 0.15) is 18.5 Å². The van der Waals surface area contributed by atoms with Crippen LogP contribution in [0.25, 0.3) is 0 Å². The van der Waals surface area contributed by atoms with Crippen molar-refractivity contribution in [3.05, 3.63) is 23.9 Å². The van der Waals surface area contributed by atoms with Gasteiger partial charge in [0, 0.05) is 26.7 Å². The van der Waals surface area contributed by atoms with E-state index in [2.05, 4.69) is 21.3 Å². The Hall–Kier alpha value is -1.13. The highest BCUT2D eigenvalue weighted by molar-refractivity contribution is 5.34. The van der Waals surface area contributed by atoms with E-state index < -0.39 is 0 Å². The van der Waals surface area contributed by atoms with Crippen molar-refractivity contribution in [1.29, 1.82) is 0 Å². The minimum Gasteiger partial charge on any atom is -0.396 e. The summed E-state index contributed by atoms with van der Waals surface area (Å²) in [6.07, 6.45) is 2.13. The molecule has 1 aliphatic heterocycles. The molecule has 4 nitrogen and oxygen atoms in total. The lowest BCUT2D eigenvalue weighted by Gasteiger charge is -2.15. The molecular weight excluding hydrogens is 214 g/mol. The van der Waals surface area contributed by atoms with Gasteiger partial charge in [-0.25, -0.2) is 4.98 Å². The molecule has 0 saturated carbocycles. The van der Waals surface area contributed by atoms with Crippen molar-refractivity contribution in [2.75, 3.05) is 32.1 Å². The molecule has 1 aromatic rings.